The summed E-state index contributed by atoms with van der Waals surface area (Å²) in [6.07, 6.45) is 0. The molecule has 0 saturated carbocycles. The van der Waals surface area contributed by atoms with Crippen molar-refractivity contribution in [1.82, 2.24) is 0 Å². The molecule has 0 radical (unpaired) electrons. The minimum Gasteiger partial charge on any atom is -0.493 e. The largest absolute Gasteiger partial charge is 0.493 e. The van der Waals surface area contributed by atoms with Crippen LogP contribution in [0.1, 0.15) is 5.56 Å². The Balaban J connectivity index is 1.99. The van der Waals surface area contributed by atoms with Gasteiger partial charge < -0.3 is 19.7 Å². The van der Waals surface area contributed by atoms with Crippen LogP contribution in [0, 0.1) is 17.5 Å². The molecule has 2 aromatic rings. The van der Waals surface area contributed by atoms with E-state index in [0.29, 0.717) is 23.1 Å². The molecule has 2 N–H and O–H groups in total. The van der Waals surface area contributed by atoms with Gasteiger partial charge in [0, 0.05) is 5.56 Å². The SMILES string of the molecule is COc1cc(C[NH+](C)CC(=O)Nc2ccc(F)c(F)c2F)ccc1OC(F)F. The maximum absolute atomic E-state index is 13.6. The van der Waals surface area contributed by atoms with Gasteiger partial charge in [0.05, 0.1) is 19.8 Å². The zero-order valence-corrected chi connectivity index (χ0v) is 15.0. The standard InChI is InChI=1S/C18H17F5N2O3/c1-25(8-10-3-6-13(28-18(22)23)14(7-10)27-2)9-15(26)24-12-5-4-11(19)16(20)17(12)21/h3-7,18H,8-9H2,1-2H3,(H,24,26)/p+1. The minimum atomic E-state index is -2.99. The summed E-state index contributed by atoms with van der Waals surface area (Å²) in [6.45, 7) is -2.80. The smallest absolute Gasteiger partial charge is 0.387 e. The van der Waals surface area contributed by atoms with E-state index in [4.69, 9.17) is 4.74 Å². The molecule has 0 saturated heterocycles. The average molecular weight is 405 g/mol. The van der Waals surface area contributed by atoms with E-state index in [0.717, 1.165) is 6.07 Å². The third-order valence-corrected chi connectivity index (χ3v) is 3.72. The third-order valence-electron chi connectivity index (χ3n) is 3.72. The number of anilines is 1. The zero-order valence-electron chi connectivity index (χ0n) is 15.0. The predicted octanol–water partition coefficient (Wildman–Crippen LogP) is 2.37. The van der Waals surface area contributed by atoms with E-state index in [1.807, 2.05) is 0 Å². The second kappa shape index (κ2) is 9.36. The molecule has 0 spiro atoms. The fourth-order valence-corrected chi connectivity index (χ4v) is 2.52. The summed E-state index contributed by atoms with van der Waals surface area (Å²) in [4.78, 5) is 12.7. The van der Waals surface area contributed by atoms with Crippen LogP contribution in [0.25, 0.3) is 0 Å². The van der Waals surface area contributed by atoms with Gasteiger partial charge in [-0.05, 0) is 30.3 Å². The lowest BCUT2D eigenvalue weighted by Crippen LogP contribution is -3.08. The Labute approximate surface area is 157 Å². The molecule has 5 nitrogen and oxygen atoms in total. The number of carbonyl (C=O) groups excluding carboxylic acids is 1. The highest BCUT2D eigenvalue weighted by Crippen LogP contribution is 2.29. The van der Waals surface area contributed by atoms with Crippen molar-refractivity contribution in [3.8, 4) is 11.5 Å². The molecule has 1 amide bonds. The number of nitrogens with one attached hydrogen (secondary N) is 2. The van der Waals surface area contributed by atoms with Crippen molar-refractivity contribution in [2.75, 3.05) is 26.0 Å². The topological polar surface area (TPSA) is 52.0 Å². The molecule has 0 aliphatic carbocycles. The maximum Gasteiger partial charge on any atom is 0.387 e. The monoisotopic (exact) mass is 405 g/mol. The molecule has 0 aliphatic heterocycles. The lowest BCUT2D eigenvalue weighted by atomic mass is 10.2. The van der Waals surface area contributed by atoms with Crippen molar-refractivity contribution in [2.45, 2.75) is 13.2 Å². The van der Waals surface area contributed by atoms with Gasteiger partial charge in [-0.1, -0.05) is 0 Å². The molecule has 0 bridgehead atoms. The molecule has 152 valence electrons. The molecular formula is C18H18F5N2O3+. The number of ether oxygens (including phenoxy) is 2. The fourth-order valence-electron chi connectivity index (χ4n) is 2.52. The first kappa shape index (κ1) is 21.4. The van der Waals surface area contributed by atoms with Gasteiger partial charge in [0.2, 0.25) is 0 Å². The minimum absolute atomic E-state index is 0.110. The Hall–Kier alpha value is -2.88. The molecule has 0 heterocycles. The normalized spacial score (nSPS) is 12.0. The number of hydrogen-bond acceptors (Lipinski definition) is 3. The summed E-state index contributed by atoms with van der Waals surface area (Å²) in [5, 5.41) is 2.18. The molecule has 1 unspecified atom stereocenters. The van der Waals surface area contributed by atoms with E-state index < -0.39 is 35.7 Å². The van der Waals surface area contributed by atoms with Crippen LogP contribution in [-0.4, -0.2) is 33.2 Å². The maximum atomic E-state index is 13.6. The highest BCUT2D eigenvalue weighted by Gasteiger charge is 2.18. The number of halogens is 5. The summed E-state index contributed by atoms with van der Waals surface area (Å²) in [5.41, 5.74) is 0.203. The number of likely N-dealkylation sites (N-methyl/N-ethyl adjacent to an activating group) is 1. The number of amides is 1. The molecule has 28 heavy (non-hydrogen) atoms. The second-order valence-electron chi connectivity index (χ2n) is 5.95. The fraction of sp³-hybridized carbons (Fsp3) is 0.278. The van der Waals surface area contributed by atoms with Crippen LogP contribution in [0.3, 0.4) is 0 Å². The lowest BCUT2D eigenvalue weighted by Gasteiger charge is -2.16. The molecule has 2 rings (SSSR count). The van der Waals surface area contributed by atoms with Crippen LogP contribution in [0.15, 0.2) is 30.3 Å². The predicted molar refractivity (Wildman–Crippen MR) is 90.0 cm³/mol. The van der Waals surface area contributed by atoms with Gasteiger partial charge in [0.25, 0.3) is 5.91 Å². The average Bonchev–Trinajstić information content (AvgIpc) is 2.63. The van der Waals surface area contributed by atoms with Gasteiger partial charge in [-0.2, -0.15) is 8.78 Å². The Bertz CT molecular complexity index is 848. The molecule has 0 fully saturated rings. The van der Waals surface area contributed by atoms with Crippen LogP contribution < -0.4 is 19.7 Å². The van der Waals surface area contributed by atoms with E-state index in [-0.39, 0.29) is 18.0 Å². The Morgan fingerprint density at radius 2 is 1.82 bits per heavy atom. The van der Waals surface area contributed by atoms with E-state index >= 15 is 0 Å². The molecule has 1 atom stereocenters. The van der Waals surface area contributed by atoms with Gasteiger partial charge in [-0.15, -0.1) is 0 Å². The van der Waals surface area contributed by atoms with Crippen LogP contribution in [0.5, 0.6) is 11.5 Å². The van der Waals surface area contributed by atoms with Crippen LogP contribution in [-0.2, 0) is 11.3 Å². The molecular weight excluding hydrogens is 387 g/mol. The highest BCUT2D eigenvalue weighted by molar-refractivity contribution is 5.91. The van der Waals surface area contributed by atoms with Crippen molar-refractivity contribution in [3.63, 3.8) is 0 Å². The second-order valence-corrected chi connectivity index (χ2v) is 5.95. The first-order chi connectivity index (χ1) is 13.2. The Morgan fingerprint density at radius 1 is 1.11 bits per heavy atom. The van der Waals surface area contributed by atoms with Crippen LogP contribution in [0.2, 0.25) is 0 Å². The number of hydrogen-bond donors (Lipinski definition) is 2. The van der Waals surface area contributed by atoms with E-state index in [9.17, 15) is 26.7 Å². The van der Waals surface area contributed by atoms with Gasteiger partial charge in [0.1, 0.15) is 6.54 Å². The highest BCUT2D eigenvalue weighted by atomic mass is 19.3. The molecule has 0 aromatic heterocycles. The van der Waals surface area contributed by atoms with E-state index in [1.165, 1.54) is 25.3 Å². The van der Waals surface area contributed by atoms with Crippen LogP contribution in [0.4, 0.5) is 27.6 Å². The number of carbonyl (C=O) groups is 1. The Kier molecular flexibility index (Phi) is 7.16. The van der Waals surface area contributed by atoms with Crippen molar-refractivity contribution in [2.24, 2.45) is 0 Å². The quantitative estimate of drug-likeness (QED) is 0.524. The summed E-state index contributed by atoms with van der Waals surface area (Å²) < 4.78 is 73.8. The zero-order chi connectivity index (χ0) is 20.8. The van der Waals surface area contributed by atoms with Gasteiger partial charge in [0.15, 0.2) is 35.5 Å². The summed E-state index contributed by atoms with van der Waals surface area (Å²) >= 11 is 0. The number of alkyl halides is 2. The van der Waals surface area contributed by atoms with E-state index in [2.05, 4.69) is 10.1 Å². The number of rotatable bonds is 8. The first-order valence-electron chi connectivity index (χ1n) is 8.07. The molecule has 0 aliphatic rings. The molecule has 2 aromatic carbocycles. The van der Waals surface area contributed by atoms with Crippen molar-refractivity contribution in [1.29, 1.82) is 0 Å². The van der Waals surface area contributed by atoms with E-state index in [1.54, 1.807) is 7.05 Å². The van der Waals surface area contributed by atoms with Crippen LogP contribution >= 0.6 is 0 Å². The van der Waals surface area contributed by atoms with Gasteiger partial charge >= 0.3 is 6.61 Å². The third kappa shape index (κ3) is 5.56. The van der Waals surface area contributed by atoms with Crippen molar-refractivity contribution >= 4 is 11.6 Å². The van der Waals surface area contributed by atoms with Crippen molar-refractivity contribution in [3.05, 3.63) is 53.3 Å². The number of quaternary nitrogens is 1. The first-order valence-corrected chi connectivity index (χ1v) is 8.07. The summed E-state index contributed by atoms with van der Waals surface area (Å²) in [7, 11) is 2.97. The Morgan fingerprint density at radius 3 is 2.46 bits per heavy atom. The lowest BCUT2D eigenvalue weighted by molar-refractivity contribution is -0.885. The number of methoxy groups -OCH3 is 1. The van der Waals surface area contributed by atoms with Crippen molar-refractivity contribution < 1.29 is 41.1 Å². The van der Waals surface area contributed by atoms with Gasteiger partial charge in [-0.3, -0.25) is 4.79 Å². The number of benzene rings is 2. The van der Waals surface area contributed by atoms with Gasteiger partial charge in [-0.25, -0.2) is 13.2 Å². The molecule has 10 heteroatoms. The summed E-state index contributed by atoms with van der Waals surface area (Å²) in [5.74, 6) is -5.13. The summed E-state index contributed by atoms with van der Waals surface area (Å²) in [6, 6.07) is 5.99.